The van der Waals surface area contributed by atoms with Crippen LogP contribution in [0.15, 0.2) is 0 Å². The van der Waals surface area contributed by atoms with E-state index in [-0.39, 0.29) is 37.7 Å². The van der Waals surface area contributed by atoms with E-state index in [1.54, 1.807) is 0 Å². The zero-order valence-corrected chi connectivity index (χ0v) is 6.70. The second-order valence-corrected chi connectivity index (χ2v) is 0.652. The van der Waals surface area contributed by atoms with E-state index < -0.39 is 12.2 Å². The van der Waals surface area contributed by atoms with Crippen LogP contribution in [0.1, 0.15) is 0 Å². The van der Waals surface area contributed by atoms with E-state index in [1.165, 1.54) is 0 Å². The van der Waals surface area contributed by atoms with Crippen LogP contribution in [0.4, 0.5) is 9.59 Å². The second-order valence-electron chi connectivity index (χ2n) is 0.652. The molecule has 4 N–H and O–H groups in total. The number of nitrogens with two attached hydrogens (primary N) is 2. The van der Waals surface area contributed by atoms with Crippen molar-refractivity contribution < 1.29 is 19.8 Å². The Hall–Kier alpha value is -0.200. The van der Waals surface area contributed by atoms with Crippen molar-refractivity contribution >= 4 is 49.9 Å². The number of hydrogen-bond acceptors (Lipinski definition) is 4. The van der Waals surface area contributed by atoms with E-state index in [9.17, 15) is 0 Å². The second kappa shape index (κ2) is 10.7. The van der Waals surface area contributed by atoms with Gasteiger partial charge in [0.15, 0.2) is 0 Å². The largest absolute Gasteiger partial charge is 2.00 e. The molecule has 2 amide bonds. The Morgan fingerprint density at radius 3 is 1.11 bits per heavy atom. The molecule has 0 aliphatic carbocycles. The summed E-state index contributed by atoms with van der Waals surface area (Å²) in [6, 6.07) is -0.833. The van der Waals surface area contributed by atoms with Crippen molar-refractivity contribution in [3.63, 3.8) is 0 Å². The molecule has 6 nitrogen and oxygen atoms in total. The van der Waals surface area contributed by atoms with Gasteiger partial charge in [0.1, 0.15) is 0 Å². The quantitative estimate of drug-likeness (QED) is 0.351. The summed E-state index contributed by atoms with van der Waals surface area (Å²) in [6.45, 7) is 0. The molecule has 0 atom stereocenters. The van der Waals surface area contributed by atoms with Gasteiger partial charge in [-0.25, -0.2) is 4.79 Å². The summed E-state index contributed by atoms with van der Waals surface area (Å²) < 4.78 is 0. The van der Waals surface area contributed by atoms with E-state index in [4.69, 9.17) is 19.8 Å². The van der Waals surface area contributed by atoms with Crippen molar-refractivity contribution in [2.24, 2.45) is 11.5 Å². The molecule has 0 heterocycles. The number of carbonyl (C=O) groups excluding carboxylic acids is 2. The van der Waals surface area contributed by atoms with Gasteiger partial charge in [-0.05, 0) is 6.16 Å². The average Bonchev–Trinajstić information content (AvgIpc) is 1.25. The van der Waals surface area contributed by atoms with Gasteiger partial charge in [0.05, 0.1) is 0 Å². The van der Waals surface area contributed by atoms with Crippen LogP contribution in [0.25, 0.3) is 0 Å². The Labute approximate surface area is 80.8 Å². The van der Waals surface area contributed by atoms with Crippen molar-refractivity contribution in [3.05, 3.63) is 0 Å². The van der Waals surface area contributed by atoms with E-state index in [0.717, 1.165) is 0 Å². The number of carboxylic acid groups (broad SMARTS) is 2. The molecule has 0 aliphatic rings. The van der Waals surface area contributed by atoms with Gasteiger partial charge in [-0.15, -0.1) is 0 Å². The fourth-order valence-corrected chi connectivity index (χ4v) is 0. The maximum absolute atomic E-state index is 9.00. The Morgan fingerprint density at radius 1 is 1.11 bits per heavy atom. The van der Waals surface area contributed by atoms with Crippen LogP contribution in [-0.2, 0) is 0 Å². The molecule has 7 heteroatoms. The summed E-state index contributed by atoms with van der Waals surface area (Å²) in [6.07, 6.45) is -2.33. The molecular weight excluding hydrogens is 156 g/mol. The van der Waals surface area contributed by atoms with Gasteiger partial charge < -0.3 is 26.5 Å². The maximum atomic E-state index is 9.00. The number of amides is 2. The van der Waals surface area contributed by atoms with Gasteiger partial charge in [-0.2, -0.15) is 0 Å². The zero-order valence-electron chi connectivity index (χ0n) is 4.49. The number of carbonyl (C=O) groups is 2. The number of hydrogen-bond donors (Lipinski definition) is 2. The molecule has 0 bridgehead atoms. The van der Waals surface area contributed by atoms with Crippen LogP contribution in [0, 0.1) is 0 Å². The molecule has 0 aromatic carbocycles. The number of primary amides is 2. The molecule has 0 aromatic rings. The third-order valence-corrected chi connectivity index (χ3v) is 0. The first-order chi connectivity index (χ1) is 3.46. The van der Waals surface area contributed by atoms with Gasteiger partial charge in [-0.1, -0.05) is 0 Å². The van der Waals surface area contributed by atoms with Crippen molar-refractivity contribution in [1.29, 1.82) is 0 Å². The number of rotatable bonds is 0. The first kappa shape index (κ1) is 15.9. The summed E-state index contributed by atoms with van der Waals surface area (Å²) in [5.41, 5.74) is 8.50. The predicted molar refractivity (Wildman–Crippen MR) is 24.9 cm³/mol. The molecule has 0 saturated heterocycles. The van der Waals surface area contributed by atoms with Crippen LogP contribution >= 0.6 is 0 Å². The van der Waals surface area contributed by atoms with Crippen LogP contribution in [0.5, 0.6) is 0 Å². The van der Waals surface area contributed by atoms with Gasteiger partial charge in [-0.3, -0.25) is 0 Å². The molecule has 0 rings (SSSR count). The fourth-order valence-electron chi connectivity index (χ4n) is 0. The van der Waals surface area contributed by atoms with Gasteiger partial charge in [0, 0.05) is 0 Å². The maximum Gasteiger partial charge on any atom is 2.00 e. The third kappa shape index (κ3) is 6540. The monoisotopic (exact) mass is 160 g/mol. The molecule has 0 unspecified atom stereocenters. The molecule has 0 aliphatic heterocycles. The third-order valence-electron chi connectivity index (χ3n) is 0. The van der Waals surface area contributed by atoms with E-state index in [1.807, 2.05) is 0 Å². The molecular formula is C2H4CaN2O4. The Balaban J connectivity index is -0.0000000720. The minimum Gasteiger partial charge on any atom is -0.652 e. The smallest absolute Gasteiger partial charge is 0.652 e. The predicted octanol–water partition coefficient (Wildman–Crippen LogP) is -3.80. The summed E-state index contributed by atoms with van der Waals surface area (Å²) in [5, 5.41) is 16.7. The SMILES string of the molecule is NC(N)=O.O=C([O-])[O-].[Ca+2]. The first-order valence-electron chi connectivity index (χ1n) is 1.39. The Morgan fingerprint density at radius 2 is 1.11 bits per heavy atom. The summed E-state index contributed by atoms with van der Waals surface area (Å²) in [4.78, 5) is 17.3. The Kier molecular flexibility index (Phi) is 19.0. The molecule has 0 fully saturated rings. The molecule has 9 heavy (non-hydrogen) atoms. The van der Waals surface area contributed by atoms with Crippen LogP contribution in [0.3, 0.4) is 0 Å². The molecule has 0 aromatic heterocycles. The van der Waals surface area contributed by atoms with Crippen molar-refractivity contribution in [3.8, 4) is 0 Å². The van der Waals surface area contributed by atoms with Gasteiger partial charge >= 0.3 is 43.8 Å². The molecule has 48 valence electrons. The average molecular weight is 160 g/mol. The van der Waals surface area contributed by atoms with Crippen LogP contribution in [-0.4, -0.2) is 49.9 Å². The zero-order chi connectivity index (χ0) is 7.15. The van der Waals surface area contributed by atoms with Crippen LogP contribution < -0.4 is 21.7 Å². The molecule has 0 spiro atoms. The summed E-state index contributed by atoms with van der Waals surface area (Å²) >= 11 is 0. The minimum atomic E-state index is -2.33. The number of urea groups is 1. The Bertz CT molecular complexity index is 74.6. The van der Waals surface area contributed by atoms with E-state index in [2.05, 4.69) is 11.5 Å². The van der Waals surface area contributed by atoms with Crippen LogP contribution in [0.2, 0.25) is 0 Å². The van der Waals surface area contributed by atoms with Crippen molar-refractivity contribution in [1.82, 2.24) is 0 Å². The minimum absolute atomic E-state index is 0. The topological polar surface area (TPSA) is 132 Å². The van der Waals surface area contributed by atoms with Crippen molar-refractivity contribution in [2.45, 2.75) is 0 Å². The fraction of sp³-hybridized carbons (Fsp3) is 0. The molecule has 0 saturated carbocycles. The normalized spacial score (nSPS) is 5.33. The van der Waals surface area contributed by atoms with Gasteiger partial charge in [0.25, 0.3) is 0 Å². The van der Waals surface area contributed by atoms with Gasteiger partial charge in [0.2, 0.25) is 0 Å². The summed E-state index contributed by atoms with van der Waals surface area (Å²) in [5.74, 6) is 0. The first-order valence-corrected chi connectivity index (χ1v) is 1.39. The van der Waals surface area contributed by atoms with E-state index in [0.29, 0.717) is 0 Å². The van der Waals surface area contributed by atoms with Crippen molar-refractivity contribution in [2.75, 3.05) is 0 Å². The standard InChI is InChI=1S/CH4N2O.CH2O3.Ca/c2*2-1(3)4;/h(H4,2,3,4);(H2,2,3,4);/q;;+2/p-2. The molecule has 0 radical (unpaired) electrons. The summed E-state index contributed by atoms with van der Waals surface area (Å²) in [7, 11) is 0. The van der Waals surface area contributed by atoms with E-state index >= 15 is 0 Å².